The molecule has 4 rings (SSSR count). The number of rotatable bonds is 8. The highest BCUT2D eigenvalue weighted by atomic mass is 35.5. The zero-order valence-corrected chi connectivity index (χ0v) is 20.5. The molecular weight excluding hydrogens is 483 g/mol. The topological polar surface area (TPSA) is 43.0 Å². The Balaban J connectivity index is 1.38. The van der Waals surface area contributed by atoms with E-state index in [0.29, 0.717) is 34.7 Å². The summed E-state index contributed by atoms with van der Waals surface area (Å²) in [5.74, 6) is 1.30. The van der Waals surface area contributed by atoms with Gasteiger partial charge in [0.15, 0.2) is 11.5 Å². The van der Waals surface area contributed by atoms with E-state index in [-0.39, 0.29) is 0 Å². The number of benzene rings is 3. The molecule has 0 amide bonds. The van der Waals surface area contributed by atoms with Gasteiger partial charge < -0.3 is 24.4 Å². The number of hydrogen-bond acceptors (Lipinski definition) is 5. The van der Waals surface area contributed by atoms with Crippen LogP contribution in [0.4, 0.5) is 11.4 Å². The van der Waals surface area contributed by atoms with Gasteiger partial charge in [-0.2, -0.15) is 0 Å². The van der Waals surface area contributed by atoms with Crippen molar-refractivity contribution < 1.29 is 14.2 Å². The molecule has 3 aromatic carbocycles. The van der Waals surface area contributed by atoms with Crippen molar-refractivity contribution in [2.45, 2.75) is 13.2 Å². The molecular formula is C25H25Cl3N2O3. The lowest BCUT2D eigenvalue weighted by molar-refractivity contribution is 0.122. The van der Waals surface area contributed by atoms with Crippen molar-refractivity contribution in [1.82, 2.24) is 0 Å². The van der Waals surface area contributed by atoms with E-state index in [1.807, 2.05) is 36.4 Å². The van der Waals surface area contributed by atoms with Gasteiger partial charge >= 0.3 is 0 Å². The SMILES string of the molecule is COc1cc(CNc2ccc(N3CCOCC3)c(Cl)c2)ccc1OCc1ccc(Cl)cc1Cl. The fraction of sp³-hybridized carbons (Fsp3) is 0.280. The second-order valence-electron chi connectivity index (χ2n) is 7.63. The summed E-state index contributed by atoms with van der Waals surface area (Å²) in [6, 6.07) is 17.2. The summed E-state index contributed by atoms with van der Waals surface area (Å²) in [6.45, 7) is 4.09. The highest BCUT2D eigenvalue weighted by Crippen LogP contribution is 2.32. The Labute approximate surface area is 209 Å². The van der Waals surface area contributed by atoms with Gasteiger partial charge in [-0.25, -0.2) is 0 Å². The van der Waals surface area contributed by atoms with E-state index >= 15 is 0 Å². The number of ether oxygens (including phenoxy) is 3. The summed E-state index contributed by atoms with van der Waals surface area (Å²) in [4.78, 5) is 2.25. The van der Waals surface area contributed by atoms with Gasteiger partial charge in [-0.1, -0.05) is 46.9 Å². The van der Waals surface area contributed by atoms with E-state index in [9.17, 15) is 0 Å². The molecule has 0 saturated carbocycles. The highest BCUT2D eigenvalue weighted by molar-refractivity contribution is 6.35. The summed E-state index contributed by atoms with van der Waals surface area (Å²) in [5, 5.41) is 5.31. The van der Waals surface area contributed by atoms with E-state index in [0.717, 1.165) is 53.8 Å². The third kappa shape index (κ3) is 6.18. The van der Waals surface area contributed by atoms with E-state index < -0.39 is 0 Å². The Kier molecular flexibility index (Phi) is 8.10. The smallest absolute Gasteiger partial charge is 0.161 e. The molecule has 1 N–H and O–H groups in total. The highest BCUT2D eigenvalue weighted by Gasteiger charge is 2.14. The number of nitrogens with one attached hydrogen (secondary N) is 1. The molecule has 0 unspecified atom stereocenters. The molecule has 5 nitrogen and oxygen atoms in total. The summed E-state index contributed by atoms with van der Waals surface area (Å²) in [5.41, 5.74) is 3.89. The average Bonchev–Trinajstić information content (AvgIpc) is 2.83. The zero-order chi connectivity index (χ0) is 23.2. The van der Waals surface area contributed by atoms with Gasteiger partial charge in [-0.15, -0.1) is 0 Å². The molecule has 8 heteroatoms. The maximum atomic E-state index is 6.54. The molecule has 0 atom stereocenters. The van der Waals surface area contributed by atoms with Crippen LogP contribution in [0.5, 0.6) is 11.5 Å². The van der Waals surface area contributed by atoms with E-state index in [4.69, 9.17) is 49.0 Å². The molecule has 0 spiro atoms. The van der Waals surface area contributed by atoms with Crippen LogP contribution < -0.4 is 19.7 Å². The summed E-state index contributed by atoms with van der Waals surface area (Å²) in [6.07, 6.45) is 0. The number of halogens is 3. The van der Waals surface area contributed by atoms with E-state index in [1.54, 1.807) is 19.2 Å². The van der Waals surface area contributed by atoms with Gasteiger partial charge in [0, 0.05) is 40.9 Å². The Morgan fingerprint density at radius 1 is 0.909 bits per heavy atom. The monoisotopic (exact) mass is 506 g/mol. The molecule has 1 fully saturated rings. The van der Waals surface area contributed by atoms with Crippen molar-refractivity contribution >= 4 is 46.2 Å². The van der Waals surface area contributed by atoms with Gasteiger partial charge in [0.1, 0.15) is 6.61 Å². The molecule has 1 heterocycles. The second kappa shape index (κ2) is 11.2. The first-order valence-electron chi connectivity index (χ1n) is 10.6. The van der Waals surface area contributed by atoms with Crippen LogP contribution in [0.3, 0.4) is 0 Å². The van der Waals surface area contributed by atoms with E-state index in [2.05, 4.69) is 16.3 Å². The van der Waals surface area contributed by atoms with Gasteiger partial charge in [0.25, 0.3) is 0 Å². The molecule has 1 aliphatic rings. The van der Waals surface area contributed by atoms with Crippen LogP contribution in [-0.2, 0) is 17.9 Å². The van der Waals surface area contributed by atoms with Crippen molar-refractivity contribution in [1.29, 1.82) is 0 Å². The van der Waals surface area contributed by atoms with Crippen molar-refractivity contribution in [3.05, 3.63) is 80.8 Å². The minimum absolute atomic E-state index is 0.317. The normalized spacial score (nSPS) is 13.6. The lowest BCUT2D eigenvalue weighted by Gasteiger charge is -2.29. The third-order valence-electron chi connectivity index (χ3n) is 5.42. The third-order valence-corrected chi connectivity index (χ3v) is 6.31. The van der Waals surface area contributed by atoms with Crippen LogP contribution >= 0.6 is 34.8 Å². The van der Waals surface area contributed by atoms with Crippen LogP contribution in [0.2, 0.25) is 15.1 Å². The Morgan fingerprint density at radius 2 is 1.73 bits per heavy atom. The second-order valence-corrected chi connectivity index (χ2v) is 8.88. The molecule has 0 bridgehead atoms. The van der Waals surface area contributed by atoms with Gasteiger partial charge in [0.2, 0.25) is 0 Å². The van der Waals surface area contributed by atoms with Crippen LogP contribution in [0.15, 0.2) is 54.6 Å². The number of morpholine rings is 1. The van der Waals surface area contributed by atoms with Gasteiger partial charge in [-0.3, -0.25) is 0 Å². The van der Waals surface area contributed by atoms with Crippen LogP contribution in [0.25, 0.3) is 0 Å². The Bertz CT molecular complexity index is 1100. The molecule has 174 valence electrons. The van der Waals surface area contributed by atoms with Crippen molar-refractivity contribution in [2.75, 3.05) is 43.6 Å². The zero-order valence-electron chi connectivity index (χ0n) is 18.2. The molecule has 33 heavy (non-hydrogen) atoms. The predicted octanol–water partition coefficient (Wildman–Crippen LogP) is 6.68. The number of anilines is 2. The van der Waals surface area contributed by atoms with Crippen LogP contribution in [0, 0.1) is 0 Å². The van der Waals surface area contributed by atoms with Crippen molar-refractivity contribution in [2.24, 2.45) is 0 Å². The predicted molar refractivity (Wildman–Crippen MR) is 136 cm³/mol. The summed E-state index contributed by atoms with van der Waals surface area (Å²) in [7, 11) is 1.62. The average molecular weight is 508 g/mol. The molecule has 0 aromatic heterocycles. The maximum absolute atomic E-state index is 6.54. The Hall–Kier alpha value is -2.31. The summed E-state index contributed by atoms with van der Waals surface area (Å²) >= 11 is 18.7. The fourth-order valence-electron chi connectivity index (χ4n) is 3.62. The van der Waals surface area contributed by atoms with Crippen molar-refractivity contribution in [3.8, 4) is 11.5 Å². The first-order valence-corrected chi connectivity index (χ1v) is 11.8. The van der Waals surface area contributed by atoms with E-state index in [1.165, 1.54) is 0 Å². The first kappa shape index (κ1) is 23.8. The summed E-state index contributed by atoms with van der Waals surface area (Å²) < 4.78 is 16.9. The molecule has 1 aliphatic heterocycles. The Morgan fingerprint density at radius 3 is 2.45 bits per heavy atom. The number of methoxy groups -OCH3 is 1. The largest absolute Gasteiger partial charge is 0.493 e. The first-order chi connectivity index (χ1) is 16.0. The van der Waals surface area contributed by atoms with Gasteiger partial charge in [0.05, 0.1) is 31.0 Å². The molecule has 3 aromatic rings. The quantitative estimate of drug-likeness (QED) is 0.368. The number of nitrogens with zero attached hydrogens (tertiary/aromatic N) is 1. The lowest BCUT2D eigenvalue weighted by Crippen LogP contribution is -2.36. The van der Waals surface area contributed by atoms with Crippen molar-refractivity contribution in [3.63, 3.8) is 0 Å². The lowest BCUT2D eigenvalue weighted by atomic mass is 10.2. The standard InChI is InChI=1S/C25H25Cl3N2O3/c1-31-25-12-17(2-7-24(25)33-16-18-3-4-19(26)13-21(18)27)15-29-20-5-6-23(22(28)14-20)30-8-10-32-11-9-30/h2-7,12-14,29H,8-11,15-16H2,1H3. The number of hydrogen-bond donors (Lipinski definition) is 1. The molecule has 1 saturated heterocycles. The maximum Gasteiger partial charge on any atom is 0.161 e. The van der Waals surface area contributed by atoms with Crippen LogP contribution in [0.1, 0.15) is 11.1 Å². The molecule has 0 radical (unpaired) electrons. The van der Waals surface area contributed by atoms with Gasteiger partial charge in [-0.05, 0) is 48.0 Å². The fourth-order valence-corrected chi connectivity index (χ4v) is 4.38. The minimum atomic E-state index is 0.317. The van der Waals surface area contributed by atoms with Crippen LogP contribution in [-0.4, -0.2) is 33.4 Å². The minimum Gasteiger partial charge on any atom is -0.493 e. The molecule has 0 aliphatic carbocycles.